The Morgan fingerprint density at radius 3 is 2.50 bits per heavy atom. The summed E-state index contributed by atoms with van der Waals surface area (Å²) in [6, 6.07) is 7.18. The van der Waals surface area contributed by atoms with Gasteiger partial charge in [0.1, 0.15) is 4.87 Å². The SMILES string of the molecule is CCC(Cl)(C(=O)O)C(C)c1ccccc1Cl. The number of rotatable bonds is 4. The molecule has 1 rings (SSSR count). The van der Waals surface area contributed by atoms with Crippen molar-refractivity contribution in [2.24, 2.45) is 0 Å². The summed E-state index contributed by atoms with van der Waals surface area (Å²) in [6.07, 6.45) is 0.344. The molecule has 1 N–H and O–H groups in total. The second-order valence-corrected chi connectivity index (χ2v) is 4.85. The molecule has 0 spiro atoms. The van der Waals surface area contributed by atoms with Gasteiger partial charge in [-0.1, -0.05) is 43.6 Å². The van der Waals surface area contributed by atoms with Crippen molar-refractivity contribution >= 4 is 29.2 Å². The van der Waals surface area contributed by atoms with E-state index in [0.29, 0.717) is 11.4 Å². The van der Waals surface area contributed by atoms with Crippen LogP contribution in [0, 0.1) is 0 Å². The predicted molar refractivity (Wildman–Crippen MR) is 66.4 cm³/mol. The van der Waals surface area contributed by atoms with Crippen LogP contribution in [-0.2, 0) is 4.79 Å². The Morgan fingerprint density at radius 2 is 2.06 bits per heavy atom. The molecule has 0 aliphatic carbocycles. The summed E-state index contributed by atoms with van der Waals surface area (Å²) in [5.41, 5.74) is 0.767. The van der Waals surface area contributed by atoms with Gasteiger partial charge in [0.2, 0.25) is 0 Å². The Balaban J connectivity index is 3.15. The summed E-state index contributed by atoms with van der Waals surface area (Å²) in [4.78, 5) is 9.90. The maximum atomic E-state index is 11.2. The largest absolute Gasteiger partial charge is 0.480 e. The molecule has 0 bridgehead atoms. The molecule has 4 heteroatoms. The van der Waals surface area contributed by atoms with Crippen molar-refractivity contribution in [3.05, 3.63) is 34.9 Å². The normalized spacial score (nSPS) is 16.5. The molecule has 0 saturated heterocycles. The molecule has 16 heavy (non-hydrogen) atoms. The molecule has 0 heterocycles. The molecule has 2 nitrogen and oxygen atoms in total. The minimum Gasteiger partial charge on any atom is -0.480 e. The number of alkyl halides is 1. The maximum Gasteiger partial charge on any atom is 0.325 e. The topological polar surface area (TPSA) is 37.3 Å². The molecule has 0 radical (unpaired) electrons. The van der Waals surface area contributed by atoms with Crippen molar-refractivity contribution in [1.82, 2.24) is 0 Å². The molecule has 2 atom stereocenters. The average Bonchev–Trinajstić information content (AvgIpc) is 2.27. The second-order valence-electron chi connectivity index (χ2n) is 3.76. The highest BCUT2D eigenvalue weighted by Crippen LogP contribution is 2.39. The third-order valence-corrected chi connectivity index (χ3v) is 4.03. The Bertz CT molecular complexity index is 392. The maximum absolute atomic E-state index is 11.2. The third kappa shape index (κ3) is 2.33. The number of carboxylic acid groups (broad SMARTS) is 1. The van der Waals surface area contributed by atoms with E-state index in [4.69, 9.17) is 23.2 Å². The molecular formula is C12H14Cl2O2. The van der Waals surface area contributed by atoms with Crippen molar-refractivity contribution in [3.8, 4) is 0 Å². The first-order chi connectivity index (χ1) is 7.43. The van der Waals surface area contributed by atoms with E-state index in [1.807, 2.05) is 12.1 Å². The lowest BCUT2D eigenvalue weighted by molar-refractivity contribution is -0.140. The number of hydrogen-bond donors (Lipinski definition) is 1. The van der Waals surface area contributed by atoms with Crippen LogP contribution in [0.25, 0.3) is 0 Å². The molecule has 1 aromatic rings. The van der Waals surface area contributed by atoms with E-state index in [1.54, 1.807) is 26.0 Å². The van der Waals surface area contributed by atoms with Crippen LogP contribution in [0.5, 0.6) is 0 Å². The molecule has 0 saturated carbocycles. The molecule has 0 aliphatic heterocycles. The summed E-state index contributed by atoms with van der Waals surface area (Å²) in [5, 5.41) is 9.73. The lowest BCUT2D eigenvalue weighted by atomic mass is 9.85. The fourth-order valence-corrected chi connectivity index (χ4v) is 2.13. The number of halogens is 2. The quantitative estimate of drug-likeness (QED) is 0.834. The van der Waals surface area contributed by atoms with Gasteiger partial charge in [-0.05, 0) is 18.1 Å². The zero-order valence-electron chi connectivity index (χ0n) is 9.21. The first kappa shape index (κ1) is 13.3. The van der Waals surface area contributed by atoms with Gasteiger partial charge in [0, 0.05) is 10.9 Å². The molecule has 88 valence electrons. The van der Waals surface area contributed by atoms with Gasteiger partial charge in [-0.15, -0.1) is 11.6 Å². The molecule has 0 fully saturated rings. The molecule has 0 aromatic heterocycles. The zero-order valence-corrected chi connectivity index (χ0v) is 10.7. The zero-order chi connectivity index (χ0) is 12.3. The van der Waals surface area contributed by atoms with Gasteiger partial charge in [-0.2, -0.15) is 0 Å². The number of benzene rings is 1. The van der Waals surface area contributed by atoms with Crippen LogP contribution in [0.4, 0.5) is 0 Å². The minimum atomic E-state index is -1.30. The monoisotopic (exact) mass is 260 g/mol. The summed E-state index contributed by atoms with van der Waals surface area (Å²) >= 11 is 12.2. The van der Waals surface area contributed by atoms with Crippen LogP contribution in [0.15, 0.2) is 24.3 Å². The Kier molecular flexibility index (Phi) is 4.22. The molecule has 1 aromatic carbocycles. The smallest absolute Gasteiger partial charge is 0.325 e. The number of carboxylic acids is 1. The average molecular weight is 261 g/mol. The number of hydrogen-bond acceptors (Lipinski definition) is 1. The highest BCUT2D eigenvalue weighted by atomic mass is 35.5. The van der Waals surface area contributed by atoms with E-state index >= 15 is 0 Å². The first-order valence-corrected chi connectivity index (χ1v) is 5.85. The minimum absolute atomic E-state index is 0.342. The van der Waals surface area contributed by atoms with Crippen LogP contribution in [0.1, 0.15) is 31.7 Å². The van der Waals surface area contributed by atoms with Gasteiger partial charge < -0.3 is 5.11 Å². The van der Waals surface area contributed by atoms with E-state index in [0.717, 1.165) is 5.56 Å². The lowest BCUT2D eigenvalue weighted by Gasteiger charge is -2.28. The predicted octanol–water partition coefficient (Wildman–Crippen LogP) is 3.92. The van der Waals surface area contributed by atoms with Gasteiger partial charge in [0.25, 0.3) is 0 Å². The fraction of sp³-hybridized carbons (Fsp3) is 0.417. The molecule has 0 amide bonds. The first-order valence-electron chi connectivity index (χ1n) is 5.10. The van der Waals surface area contributed by atoms with E-state index < -0.39 is 10.8 Å². The van der Waals surface area contributed by atoms with Gasteiger partial charge in [-0.25, -0.2) is 0 Å². The van der Waals surface area contributed by atoms with Crippen LogP contribution in [0.3, 0.4) is 0 Å². The lowest BCUT2D eigenvalue weighted by Crippen LogP contribution is -2.37. The number of carbonyl (C=O) groups is 1. The second kappa shape index (κ2) is 5.07. The van der Waals surface area contributed by atoms with Crippen LogP contribution in [0.2, 0.25) is 5.02 Å². The van der Waals surface area contributed by atoms with E-state index in [2.05, 4.69) is 0 Å². The van der Waals surface area contributed by atoms with Gasteiger partial charge in [0.05, 0.1) is 0 Å². The fourth-order valence-electron chi connectivity index (χ4n) is 1.72. The Labute approximate surface area is 105 Å². The van der Waals surface area contributed by atoms with Crippen LogP contribution < -0.4 is 0 Å². The summed E-state index contributed by atoms with van der Waals surface area (Å²) in [7, 11) is 0. The molecule has 2 unspecified atom stereocenters. The van der Waals surface area contributed by atoms with Gasteiger partial charge in [0.15, 0.2) is 0 Å². The third-order valence-electron chi connectivity index (χ3n) is 2.93. The van der Waals surface area contributed by atoms with E-state index in [1.165, 1.54) is 0 Å². The number of aliphatic carboxylic acids is 1. The Morgan fingerprint density at radius 1 is 1.50 bits per heavy atom. The Hall–Kier alpha value is -0.730. The van der Waals surface area contributed by atoms with Crippen molar-refractivity contribution in [1.29, 1.82) is 0 Å². The van der Waals surface area contributed by atoms with Gasteiger partial charge in [-0.3, -0.25) is 4.79 Å². The van der Waals surface area contributed by atoms with Crippen molar-refractivity contribution < 1.29 is 9.90 Å². The summed E-state index contributed by atoms with van der Waals surface area (Å²) in [5.74, 6) is -1.35. The summed E-state index contributed by atoms with van der Waals surface area (Å²) in [6.45, 7) is 3.54. The standard InChI is InChI=1S/C12H14Cl2O2/c1-3-12(14,11(15)16)8(2)9-6-4-5-7-10(9)13/h4-8H,3H2,1-2H3,(H,15,16). The van der Waals surface area contributed by atoms with Gasteiger partial charge >= 0.3 is 5.97 Å². The highest BCUT2D eigenvalue weighted by molar-refractivity contribution is 6.35. The summed E-state index contributed by atoms with van der Waals surface area (Å²) < 4.78 is 0. The highest BCUT2D eigenvalue weighted by Gasteiger charge is 2.41. The van der Waals surface area contributed by atoms with E-state index in [-0.39, 0.29) is 5.92 Å². The molecule has 0 aliphatic rings. The van der Waals surface area contributed by atoms with Crippen molar-refractivity contribution in [3.63, 3.8) is 0 Å². The van der Waals surface area contributed by atoms with Crippen LogP contribution in [-0.4, -0.2) is 16.0 Å². The van der Waals surface area contributed by atoms with Crippen molar-refractivity contribution in [2.45, 2.75) is 31.1 Å². The van der Waals surface area contributed by atoms with E-state index in [9.17, 15) is 9.90 Å². The molecular weight excluding hydrogens is 247 g/mol. The van der Waals surface area contributed by atoms with Crippen LogP contribution >= 0.6 is 23.2 Å². The van der Waals surface area contributed by atoms with Crippen molar-refractivity contribution in [2.75, 3.05) is 0 Å².